The van der Waals surface area contributed by atoms with Crippen molar-refractivity contribution in [2.75, 3.05) is 25.1 Å². The van der Waals surface area contributed by atoms with E-state index in [0.717, 1.165) is 0 Å². The zero-order valence-corrected chi connectivity index (χ0v) is 36.7. The monoisotopic (exact) mass is 876 g/mol. The Morgan fingerprint density at radius 1 is 1.10 bits per heavy atom. The minimum absolute atomic E-state index is 0.0265. The fraction of sp³-hybridized carbons (Fsp3) is 0.561. The Labute approximate surface area is 359 Å². The number of aryl methyl sites for hydroxylation is 2. The number of hydrogen-bond donors (Lipinski definition) is 2. The summed E-state index contributed by atoms with van der Waals surface area (Å²) in [5.41, 5.74) is -0.998. The SMILES string of the molecule is [C-]#[N+]CCOP(OC1[C@@H]2OC[C@]1(Cn1cc(COC3C[C@H](n4cc(C)c(NC(=O)c5ccccc5)nc4=O)O[C@@H]3CC)nn1)O[C@H]2n1cc(C)c(=O)[nH]c1=O)N(C(C)C)C(C)C. The second-order valence-electron chi connectivity index (χ2n) is 16.2. The molecule has 1 amide bonds. The summed E-state index contributed by atoms with van der Waals surface area (Å²) in [5, 5.41) is 11.5. The molecule has 3 aromatic heterocycles. The number of benzene rings is 1. The van der Waals surface area contributed by atoms with E-state index in [0.29, 0.717) is 35.2 Å². The van der Waals surface area contributed by atoms with Gasteiger partial charge in [-0.15, -0.1) is 5.10 Å². The number of aromatic amines is 1. The van der Waals surface area contributed by atoms with Crippen LogP contribution in [0.5, 0.6) is 0 Å². The summed E-state index contributed by atoms with van der Waals surface area (Å²) >= 11 is 0. The molecule has 332 valence electrons. The van der Waals surface area contributed by atoms with Crippen molar-refractivity contribution in [3.05, 3.63) is 114 Å². The zero-order valence-electron chi connectivity index (χ0n) is 35.8. The molecule has 3 fully saturated rings. The largest absolute Gasteiger partial charge is 0.369 e. The molecular formula is C41H53N10O10P. The van der Waals surface area contributed by atoms with Crippen LogP contribution >= 0.6 is 8.53 Å². The number of nitrogens with zero attached hydrogens (tertiary/aromatic N) is 8. The molecule has 1 aromatic carbocycles. The van der Waals surface area contributed by atoms with Crippen LogP contribution in [0.15, 0.2) is 63.3 Å². The molecule has 62 heavy (non-hydrogen) atoms. The van der Waals surface area contributed by atoms with Gasteiger partial charge in [0, 0.05) is 47.6 Å². The molecule has 7 rings (SSSR count). The van der Waals surface area contributed by atoms with Crippen LogP contribution in [-0.2, 0) is 41.1 Å². The Balaban J connectivity index is 1.07. The molecule has 20 nitrogen and oxygen atoms in total. The van der Waals surface area contributed by atoms with E-state index in [1.54, 1.807) is 55.2 Å². The summed E-state index contributed by atoms with van der Waals surface area (Å²) < 4.78 is 45.3. The molecule has 2 bridgehead atoms. The van der Waals surface area contributed by atoms with Crippen molar-refractivity contribution in [3.8, 4) is 0 Å². The van der Waals surface area contributed by atoms with Crippen molar-refractivity contribution in [2.45, 2.75) is 129 Å². The van der Waals surface area contributed by atoms with E-state index in [1.165, 1.54) is 15.3 Å². The number of nitrogens with one attached hydrogen (secondary N) is 2. The van der Waals surface area contributed by atoms with Crippen LogP contribution in [0.1, 0.15) is 87.1 Å². The van der Waals surface area contributed by atoms with Crippen LogP contribution in [0.4, 0.5) is 5.82 Å². The topological polar surface area (TPSA) is 213 Å². The summed E-state index contributed by atoms with van der Waals surface area (Å²) in [5.74, 6) is -0.193. The second kappa shape index (κ2) is 19.2. The van der Waals surface area contributed by atoms with Crippen molar-refractivity contribution < 1.29 is 32.8 Å². The third-order valence-electron chi connectivity index (χ3n) is 11.0. The van der Waals surface area contributed by atoms with Crippen LogP contribution in [0.2, 0.25) is 0 Å². The van der Waals surface area contributed by atoms with Crippen molar-refractivity contribution in [3.63, 3.8) is 0 Å². The standard InChI is InChI=1S/C41H53N10O10P/c1-9-30-31(17-32(59-30)49-18-26(6)35(44-39(49)54)43-37(53)28-13-11-10-12-14-28)56-21-29-20-48(47-46-29)22-41-23-57-33(38(60-41)50-19-27(7)36(52)45-40(50)55)34(41)61-62(58-16-15-42-8)51(24(2)3)25(4)5/h10-14,18-20,24-25,30-34,38H,9,15-17,21-23H2,1-7H3,(H,45,52,55)(H,43,44,53,54)/t30-,31?,32-,33+,34?,38-,41+,62?/m1/s1. The normalized spacial score (nSPS) is 24.9. The Morgan fingerprint density at radius 2 is 1.84 bits per heavy atom. The van der Waals surface area contributed by atoms with Gasteiger partial charge in [0.1, 0.15) is 42.2 Å². The molecule has 3 saturated heterocycles. The fourth-order valence-corrected chi connectivity index (χ4v) is 9.88. The fourth-order valence-electron chi connectivity index (χ4n) is 8.08. The number of fused-ring (bicyclic) bond motifs is 2. The highest BCUT2D eigenvalue weighted by Crippen LogP contribution is 2.55. The highest BCUT2D eigenvalue weighted by molar-refractivity contribution is 7.44. The van der Waals surface area contributed by atoms with Crippen LogP contribution in [0, 0.1) is 20.4 Å². The summed E-state index contributed by atoms with van der Waals surface area (Å²) in [4.78, 5) is 61.4. The van der Waals surface area contributed by atoms with Gasteiger partial charge in [-0.3, -0.25) is 23.7 Å². The first kappa shape index (κ1) is 45.1. The molecule has 0 saturated carbocycles. The predicted octanol–water partition coefficient (Wildman–Crippen LogP) is 3.87. The highest BCUT2D eigenvalue weighted by atomic mass is 31.2. The molecule has 0 radical (unpaired) electrons. The van der Waals surface area contributed by atoms with Crippen LogP contribution in [0.25, 0.3) is 4.85 Å². The quantitative estimate of drug-likeness (QED) is 0.0826. The molecule has 8 atom stereocenters. The van der Waals surface area contributed by atoms with Gasteiger partial charge in [0.05, 0.1) is 38.2 Å². The lowest BCUT2D eigenvalue weighted by Crippen LogP contribution is -2.46. The average Bonchev–Trinajstić information content (AvgIpc) is 4.01. The van der Waals surface area contributed by atoms with E-state index in [-0.39, 0.29) is 68.9 Å². The third kappa shape index (κ3) is 9.50. The number of amides is 1. The maximum atomic E-state index is 13.2. The first-order chi connectivity index (χ1) is 29.7. The summed E-state index contributed by atoms with van der Waals surface area (Å²) in [7, 11) is -1.74. The molecule has 4 aromatic rings. The molecule has 3 aliphatic rings. The lowest BCUT2D eigenvalue weighted by atomic mass is 9.99. The van der Waals surface area contributed by atoms with Gasteiger partial charge in [0.25, 0.3) is 20.0 Å². The van der Waals surface area contributed by atoms with Crippen molar-refractivity contribution in [2.24, 2.45) is 0 Å². The predicted molar refractivity (Wildman–Crippen MR) is 225 cm³/mol. The first-order valence-corrected chi connectivity index (χ1v) is 21.8. The number of carbonyl (C=O) groups excluding carboxylic acids is 1. The second-order valence-corrected chi connectivity index (χ2v) is 17.6. The molecule has 3 unspecified atom stereocenters. The Bertz CT molecular complexity index is 2430. The molecule has 2 N–H and O–H groups in total. The molecule has 3 aliphatic heterocycles. The van der Waals surface area contributed by atoms with Gasteiger partial charge in [-0.1, -0.05) is 30.3 Å². The van der Waals surface area contributed by atoms with Crippen LogP contribution < -0.4 is 22.3 Å². The van der Waals surface area contributed by atoms with E-state index >= 15 is 0 Å². The van der Waals surface area contributed by atoms with Gasteiger partial charge in [-0.25, -0.2) is 25.5 Å². The van der Waals surface area contributed by atoms with Crippen molar-refractivity contribution >= 4 is 20.3 Å². The van der Waals surface area contributed by atoms with Crippen LogP contribution in [-0.4, -0.2) is 107 Å². The maximum Gasteiger partial charge on any atom is 0.351 e. The molecule has 6 heterocycles. The molecule has 0 spiro atoms. The Kier molecular flexibility index (Phi) is 13.9. The summed E-state index contributed by atoms with van der Waals surface area (Å²) in [6.45, 7) is 21.4. The maximum absolute atomic E-state index is 13.2. The number of aromatic nitrogens is 7. The van der Waals surface area contributed by atoms with E-state index in [2.05, 4.69) is 35.1 Å². The average molecular weight is 877 g/mol. The first-order valence-electron chi connectivity index (χ1n) is 20.7. The number of carbonyl (C=O) groups is 1. The molecular weight excluding hydrogens is 823 g/mol. The van der Waals surface area contributed by atoms with Gasteiger partial charge in [-0.05, 0) is 60.1 Å². The van der Waals surface area contributed by atoms with Gasteiger partial charge in [0.15, 0.2) is 6.23 Å². The lowest BCUT2D eigenvalue weighted by Gasteiger charge is -2.38. The van der Waals surface area contributed by atoms with E-state index in [1.807, 2.05) is 40.7 Å². The Morgan fingerprint density at radius 3 is 2.55 bits per heavy atom. The summed E-state index contributed by atoms with van der Waals surface area (Å²) in [6.07, 6.45) is 1.98. The van der Waals surface area contributed by atoms with E-state index in [9.17, 15) is 19.2 Å². The van der Waals surface area contributed by atoms with Gasteiger partial charge in [0.2, 0.25) is 6.54 Å². The van der Waals surface area contributed by atoms with Gasteiger partial charge >= 0.3 is 11.4 Å². The van der Waals surface area contributed by atoms with Gasteiger partial charge < -0.3 is 38.2 Å². The number of ether oxygens (including phenoxy) is 4. The summed E-state index contributed by atoms with van der Waals surface area (Å²) in [6, 6.07) is 8.74. The highest BCUT2D eigenvalue weighted by Gasteiger charge is 2.64. The molecule has 21 heteroatoms. The van der Waals surface area contributed by atoms with Crippen molar-refractivity contribution in [1.29, 1.82) is 0 Å². The minimum Gasteiger partial charge on any atom is -0.369 e. The van der Waals surface area contributed by atoms with Crippen LogP contribution in [0.3, 0.4) is 0 Å². The number of H-pyrrole nitrogens is 1. The third-order valence-corrected chi connectivity index (χ3v) is 13.1. The zero-order chi connectivity index (χ0) is 44.3. The van der Waals surface area contributed by atoms with E-state index < -0.39 is 55.7 Å². The van der Waals surface area contributed by atoms with Gasteiger partial charge in [-0.2, -0.15) is 4.98 Å². The van der Waals surface area contributed by atoms with Crippen molar-refractivity contribution in [1.82, 2.24) is 38.8 Å². The number of hydrogen-bond acceptors (Lipinski definition) is 14. The number of rotatable bonds is 18. The lowest BCUT2D eigenvalue weighted by molar-refractivity contribution is -0.180. The smallest absolute Gasteiger partial charge is 0.351 e. The minimum atomic E-state index is -1.74. The molecule has 0 aliphatic carbocycles. The van der Waals surface area contributed by atoms with E-state index in [4.69, 9.17) is 34.6 Å². The Hall–Kier alpha value is -4.97. The number of anilines is 1.